The molecular weight excluding hydrogens is 436 g/mol. The molecule has 7 heteroatoms. The van der Waals surface area contributed by atoms with E-state index in [4.69, 9.17) is 14.1 Å². The molecule has 0 saturated carbocycles. The van der Waals surface area contributed by atoms with E-state index in [1.807, 2.05) is 49.4 Å². The molecular formula is C26H18N2O4S. The van der Waals surface area contributed by atoms with Gasteiger partial charge in [0.1, 0.15) is 11.3 Å². The van der Waals surface area contributed by atoms with Crippen molar-refractivity contribution in [2.24, 2.45) is 0 Å². The highest BCUT2D eigenvalue weighted by atomic mass is 32.1. The molecule has 0 radical (unpaired) electrons. The average Bonchev–Trinajstić information content (AvgIpc) is 3.37. The summed E-state index contributed by atoms with van der Waals surface area (Å²) in [5.74, 6) is 0.384. The lowest BCUT2D eigenvalue weighted by molar-refractivity contribution is 0.0971. The average molecular weight is 455 g/mol. The fraction of sp³-hybridized carbons (Fsp3) is 0.115. The Balaban J connectivity index is 1.62. The number of hydrogen-bond donors (Lipinski definition) is 0. The molecule has 162 valence electrons. The minimum Gasteiger partial charge on any atom is -0.497 e. The number of aryl methyl sites for hydroxylation is 1. The maximum absolute atomic E-state index is 13.7. The Morgan fingerprint density at radius 2 is 1.82 bits per heavy atom. The van der Waals surface area contributed by atoms with Gasteiger partial charge in [-0.05, 0) is 54.4 Å². The number of rotatable bonds is 3. The van der Waals surface area contributed by atoms with Gasteiger partial charge in [-0.2, -0.15) is 0 Å². The number of carbonyl (C=O) groups excluding carboxylic acids is 1. The summed E-state index contributed by atoms with van der Waals surface area (Å²) in [5, 5.41) is 0.973. The molecule has 0 fully saturated rings. The number of fused-ring (bicyclic) bond motifs is 3. The molecule has 6 rings (SSSR count). The summed E-state index contributed by atoms with van der Waals surface area (Å²) >= 11 is 1.42. The number of anilines is 1. The van der Waals surface area contributed by atoms with E-state index in [0.29, 0.717) is 27.4 Å². The second-order valence-electron chi connectivity index (χ2n) is 7.99. The highest BCUT2D eigenvalue weighted by molar-refractivity contribution is 7.22. The summed E-state index contributed by atoms with van der Waals surface area (Å²) in [5.41, 5.74) is 3.22. The largest absolute Gasteiger partial charge is 0.497 e. The van der Waals surface area contributed by atoms with Crippen molar-refractivity contribution in [2.45, 2.75) is 13.0 Å². The van der Waals surface area contributed by atoms with Crippen LogP contribution >= 0.6 is 11.3 Å². The second-order valence-corrected chi connectivity index (χ2v) is 9.00. The van der Waals surface area contributed by atoms with Crippen molar-refractivity contribution in [3.05, 3.63) is 99.4 Å². The number of aromatic nitrogens is 1. The lowest BCUT2D eigenvalue weighted by atomic mass is 9.98. The van der Waals surface area contributed by atoms with Gasteiger partial charge in [0, 0.05) is 0 Å². The molecule has 6 nitrogen and oxygen atoms in total. The predicted octanol–water partition coefficient (Wildman–Crippen LogP) is 5.47. The number of carbonyl (C=O) groups is 1. The smallest absolute Gasteiger partial charge is 0.297 e. The fourth-order valence-corrected chi connectivity index (χ4v) is 5.43. The van der Waals surface area contributed by atoms with Gasteiger partial charge in [0.15, 0.2) is 10.6 Å². The first-order chi connectivity index (χ1) is 16.0. The Kier molecular flexibility index (Phi) is 4.35. The zero-order valence-electron chi connectivity index (χ0n) is 17.9. The van der Waals surface area contributed by atoms with Gasteiger partial charge in [0.2, 0.25) is 5.76 Å². The molecule has 1 atom stereocenters. The highest BCUT2D eigenvalue weighted by Crippen LogP contribution is 2.43. The van der Waals surface area contributed by atoms with Crippen molar-refractivity contribution < 1.29 is 13.9 Å². The number of methoxy groups -OCH3 is 1. The molecule has 33 heavy (non-hydrogen) atoms. The lowest BCUT2D eigenvalue weighted by Crippen LogP contribution is -2.29. The monoisotopic (exact) mass is 454 g/mol. The molecule has 0 spiro atoms. The quantitative estimate of drug-likeness (QED) is 0.361. The molecule has 0 bridgehead atoms. The van der Waals surface area contributed by atoms with Gasteiger partial charge in [-0.1, -0.05) is 41.7 Å². The van der Waals surface area contributed by atoms with Crippen LogP contribution in [0.25, 0.3) is 21.2 Å². The van der Waals surface area contributed by atoms with E-state index in [0.717, 1.165) is 21.3 Å². The van der Waals surface area contributed by atoms with E-state index >= 15 is 0 Å². The van der Waals surface area contributed by atoms with Gasteiger partial charge in [-0.15, -0.1) is 0 Å². The van der Waals surface area contributed by atoms with Gasteiger partial charge >= 0.3 is 0 Å². The van der Waals surface area contributed by atoms with Crippen LogP contribution in [-0.4, -0.2) is 18.0 Å². The lowest BCUT2D eigenvalue weighted by Gasteiger charge is -2.22. The van der Waals surface area contributed by atoms with Crippen molar-refractivity contribution in [1.29, 1.82) is 0 Å². The SMILES string of the molecule is COc1ccc([C@@H]2c3c(oc4ccccc4c3=O)C(=O)N2c2nc3ccc(C)cc3s2)cc1. The normalized spacial score (nSPS) is 15.4. The van der Waals surface area contributed by atoms with E-state index < -0.39 is 6.04 Å². The molecule has 1 aliphatic rings. The number of benzene rings is 3. The number of thiazole rings is 1. The highest BCUT2D eigenvalue weighted by Gasteiger charge is 2.45. The van der Waals surface area contributed by atoms with E-state index in [-0.39, 0.29) is 17.1 Å². The first kappa shape index (κ1) is 19.7. The summed E-state index contributed by atoms with van der Waals surface area (Å²) in [6.45, 7) is 2.02. The van der Waals surface area contributed by atoms with Crippen LogP contribution in [0.4, 0.5) is 5.13 Å². The molecule has 0 saturated heterocycles. The van der Waals surface area contributed by atoms with Crippen LogP contribution in [0.2, 0.25) is 0 Å². The molecule has 0 aliphatic carbocycles. The van der Waals surface area contributed by atoms with Crippen LogP contribution in [0, 0.1) is 6.92 Å². The molecule has 0 unspecified atom stereocenters. The molecule has 3 heterocycles. The predicted molar refractivity (Wildman–Crippen MR) is 128 cm³/mol. The standard InChI is InChI=1S/C26H18N2O4S/c1-14-7-12-18-20(13-14)33-26(27-18)28-22(15-8-10-16(31-2)11-9-15)21-23(29)17-5-3-4-6-19(17)32-24(21)25(28)30/h3-13,22H,1-2H3/t22-/m1/s1. The minimum atomic E-state index is -0.652. The summed E-state index contributed by atoms with van der Waals surface area (Å²) in [7, 11) is 1.60. The Bertz CT molecular complexity index is 1620. The molecule has 1 aliphatic heterocycles. The number of para-hydroxylation sites is 1. The molecule has 1 amide bonds. The first-order valence-corrected chi connectivity index (χ1v) is 11.3. The van der Waals surface area contributed by atoms with E-state index in [1.54, 1.807) is 36.3 Å². The van der Waals surface area contributed by atoms with Crippen molar-refractivity contribution in [1.82, 2.24) is 4.98 Å². The number of nitrogens with zero attached hydrogens (tertiary/aromatic N) is 2. The third-order valence-electron chi connectivity index (χ3n) is 5.95. The summed E-state index contributed by atoms with van der Waals surface area (Å²) in [4.78, 5) is 33.6. The number of ether oxygens (including phenoxy) is 1. The zero-order valence-corrected chi connectivity index (χ0v) is 18.7. The van der Waals surface area contributed by atoms with Crippen LogP contribution in [0.1, 0.15) is 33.3 Å². The molecule has 0 N–H and O–H groups in total. The van der Waals surface area contributed by atoms with Crippen LogP contribution in [0.5, 0.6) is 5.75 Å². The van der Waals surface area contributed by atoms with Gasteiger partial charge in [0.25, 0.3) is 5.91 Å². The summed E-state index contributed by atoms with van der Waals surface area (Å²) in [6.07, 6.45) is 0. The summed E-state index contributed by atoms with van der Waals surface area (Å²) in [6, 6.07) is 19.7. The number of hydrogen-bond acceptors (Lipinski definition) is 6. The van der Waals surface area contributed by atoms with Crippen LogP contribution in [0.3, 0.4) is 0 Å². The fourth-order valence-electron chi connectivity index (χ4n) is 4.34. The minimum absolute atomic E-state index is 0.0648. The zero-order chi connectivity index (χ0) is 22.7. The summed E-state index contributed by atoms with van der Waals surface area (Å²) < 4.78 is 12.3. The molecule has 3 aromatic carbocycles. The van der Waals surface area contributed by atoms with Crippen molar-refractivity contribution in [3.63, 3.8) is 0 Å². The Morgan fingerprint density at radius 1 is 1.03 bits per heavy atom. The maximum atomic E-state index is 13.7. The van der Waals surface area contributed by atoms with Gasteiger partial charge < -0.3 is 9.15 Å². The number of amides is 1. The van der Waals surface area contributed by atoms with Crippen LogP contribution < -0.4 is 15.1 Å². The van der Waals surface area contributed by atoms with E-state index in [1.165, 1.54) is 11.3 Å². The van der Waals surface area contributed by atoms with Crippen molar-refractivity contribution in [3.8, 4) is 5.75 Å². The van der Waals surface area contributed by atoms with Crippen molar-refractivity contribution in [2.75, 3.05) is 12.0 Å². The Hall–Kier alpha value is -3.97. The topological polar surface area (TPSA) is 72.6 Å². The third-order valence-corrected chi connectivity index (χ3v) is 6.97. The van der Waals surface area contributed by atoms with Gasteiger partial charge in [-0.3, -0.25) is 14.5 Å². The van der Waals surface area contributed by atoms with Crippen molar-refractivity contribution >= 4 is 43.6 Å². The van der Waals surface area contributed by atoms with Gasteiger partial charge in [0.05, 0.1) is 34.3 Å². The Morgan fingerprint density at radius 3 is 2.61 bits per heavy atom. The maximum Gasteiger partial charge on any atom is 0.297 e. The molecule has 2 aromatic heterocycles. The third kappa shape index (κ3) is 2.97. The van der Waals surface area contributed by atoms with E-state index in [9.17, 15) is 9.59 Å². The van der Waals surface area contributed by atoms with E-state index in [2.05, 4.69) is 0 Å². The molecule has 5 aromatic rings. The van der Waals surface area contributed by atoms with Crippen LogP contribution in [0.15, 0.2) is 75.9 Å². The Labute approximate surface area is 192 Å². The van der Waals surface area contributed by atoms with Crippen LogP contribution in [-0.2, 0) is 0 Å². The van der Waals surface area contributed by atoms with Gasteiger partial charge in [-0.25, -0.2) is 4.98 Å². The first-order valence-electron chi connectivity index (χ1n) is 10.5. The second kappa shape index (κ2) is 7.28.